The SMILES string of the molecule is CC(C)C(=O)Nc1ccc(CNC(=O)Cc2ccc(Cl)c(Cl)c2)cc1. The van der Waals surface area contributed by atoms with E-state index in [2.05, 4.69) is 10.6 Å². The van der Waals surface area contributed by atoms with Crippen molar-refractivity contribution in [2.45, 2.75) is 26.8 Å². The van der Waals surface area contributed by atoms with Gasteiger partial charge < -0.3 is 10.6 Å². The third-order valence-electron chi connectivity index (χ3n) is 3.58. The zero-order valence-electron chi connectivity index (χ0n) is 14.1. The van der Waals surface area contributed by atoms with E-state index in [1.54, 1.807) is 18.2 Å². The molecule has 0 aliphatic rings. The maximum Gasteiger partial charge on any atom is 0.226 e. The largest absolute Gasteiger partial charge is 0.352 e. The summed E-state index contributed by atoms with van der Waals surface area (Å²) < 4.78 is 0. The second kappa shape index (κ2) is 8.88. The molecular weight excluding hydrogens is 359 g/mol. The Morgan fingerprint density at radius 1 is 0.960 bits per heavy atom. The molecule has 6 heteroatoms. The van der Waals surface area contributed by atoms with E-state index in [-0.39, 0.29) is 24.2 Å². The monoisotopic (exact) mass is 378 g/mol. The molecule has 0 saturated heterocycles. The lowest BCUT2D eigenvalue weighted by Crippen LogP contribution is -2.24. The predicted molar refractivity (Wildman–Crippen MR) is 102 cm³/mol. The van der Waals surface area contributed by atoms with Gasteiger partial charge in [0.1, 0.15) is 0 Å². The number of hydrogen-bond acceptors (Lipinski definition) is 2. The Morgan fingerprint density at radius 2 is 1.60 bits per heavy atom. The van der Waals surface area contributed by atoms with Gasteiger partial charge in [0.2, 0.25) is 11.8 Å². The molecule has 2 aromatic carbocycles. The van der Waals surface area contributed by atoms with Crippen molar-refractivity contribution in [2.75, 3.05) is 5.32 Å². The van der Waals surface area contributed by atoms with E-state index in [4.69, 9.17) is 23.2 Å². The number of carbonyl (C=O) groups is 2. The topological polar surface area (TPSA) is 58.2 Å². The Labute approximate surface area is 157 Å². The summed E-state index contributed by atoms with van der Waals surface area (Å²) in [6.45, 7) is 4.10. The normalized spacial score (nSPS) is 10.6. The average Bonchev–Trinajstić information content (AvgIpc) is 2.57. The summed E-state index contributed by atoms with van der Waals surface area (Å²) in [5, 5.41) is 6.59. The minimum absolute atomic E-state index is 0.0253. The molecule has 132 valence electrons. The van der Waals surface area contributed by atoms with E-state index in [1.165, 1.54) is 0 Å². The number of carbonyl (C=O) groups excluding carboxylic acids is 2. The second-order valence-corrected chi connectivity index (χ2v) is 6.86. The van der Waals surface area contributed by atoms with Crippen molar-refractivity contribution >= 4 is 40.7 Å². The lowest BCUT2D eigenvalue weighted by Gasteiger charge is -2.09. The standard InChI is InChI=1S/C19H20Cl2N2O2/c1-12(2)19(25)23-15-6-3-13(4-7-15)11-22-18(24)10-14-5-8-16(20)17(21)9-14/h3-9,12H,10-11H2,1-2H3,(H,22,24)(H,23,25). The van der Waals surface area contributed by atoms with Gasteiger partial charge in [-0.3, -0.25) is 9.59 Å². The molecule has 0 spiro atoms. The number of benzene rings is 2. The van der Waals surface area contributed by atoms with Crippen molar-refractivity contribution < 1.29 is 9.59 Å². The van der Waals surface area contributed by atoms with E-state index < -0.39 is 0 Å². The van der Waals surface area contributed by atoms with Crippen LogP contribution >= 0.6 is 23.2 Å². The van der Waals surface area contributed by atoms with Crippen LogP contribution in [0.25, 0.3) is 0 Å². The highest BCUT2D eigenvalue weighted by atomic mass is 35.5. The predicted octanol–water partition coefficient (Wildman–Crippen LogP) is 4.45. The zero-order chi connectivity index (χ0) is 18.4. The van der Waals surface area contributed by atoms with Gasteiger partial charge in [-0.2, -0.15) is 0 Å². The van der Waals surface area contributed by atoms with Crippen LogP contribution in [0, 0.1) is 5.92 Å². The Balaban J connectivity index is 1.85. The van der Waals surface area contributed by atoms with Crippen LogP contribution in [0.5, 0.6) is 0 Å². The molecule has 0 aliphatic heterocycles. The van der Waals surface area contributed by atoms with Gasteiger partial charge in [-0.15, -0.1) is 0 Å². The van der Waals surface area contributed by atoms with E-state index in [0.717, 1.165) is 16.8 Å². The van der Waals surface area contributed by atoms with Gasteiger partial charge in [-0.1, -0.05) is 55.2 Å². The van der Waals surface area contributed by atoms with Crippen molar-refractivity contribution in [3.8, 4) is 0 Å². The molecule has 0 bridgehead atoms. The molecule has 0 aliphatic carbocycles. The first kappa shape index (κ1) is 19.3. The number of nitrogens with one attached hydrogen (secondary N) is 2. The molecule has 2 rings (SSSR count). The van der Waals surface area contributed by atoms with E-state index in [9.17, 15) is 9.59 Å². The first-order valence-corrected chi connectivity index (χ1v) is 8.71. The highest BCUT2D eigenvalue weighted by Gasteiger charge is 2.08. The molecule has 0 saturated carbocycles. The van der Waals surface area contributed by atoms with Gasteiger partial charge in [-0.25, -0.2) is 0 Å². The molecule has 0 aromatic heterocycles. The summed E-state index contributed by atoms with van der Waals surface area (Å²) in [5.74, 6) is -0.196. The van der Waals surface area contributed by atoms with Gasteiger partial charge in [-0.05, 0) is 35.4 Å². The van der Waals surface area contributed by atoms with Gasteiger partial charge in [0.05, 0.1) is 16.5 Å². The number of rotatable bonds is 6. The quantitative estimate of drug-likeness (QED) is 0.779. The Bertz CT molecular complexity index is 759. The van der Waals surface area contributed by atoms with Crippen LogP contribution in [-0.4, -0.2) is 11.8 Å². The third kappa shape index (κ3) is 6.07. The van der Waals surface area contributed by atoms with Crippen molar-refractivity contribution in [3.63, 3.8) is 0 Å². The van der Waals surface area contributed by atoms with E-state index in [1.807, 2.05) is 38.1 Å². The highest BCUT2D eigenvalue weighted by Crippen LogP contribution is 2.22. The van der Waals surface area contributed by atoms with Crippen LogP contribution in [0.4, 0.5) is 5.69 Å². The molecule has 0 atom stereocenters. The zero-order valence-corrected chi connectivity index (χ0v) is 15.6. The Hall–Kier alpha value is -2.04. The van der Waals surface area contributed by atoms with Crippen LogP contribution < -0.4 is 10.6 Å². The van der Waals surface area contributed by atoms with E-state index >= 15 is 0 Å². The summed E-state index contributed by atoms with van der Waals surface area (Å²) in [6.07, 6.45) is 0.236. The van der Waals surface area contributed by atoms with Gasteiger partial charge in [0, 0.05) is 18.2 Å². The van der Waals surface area contributed by atoms with Crippen LogP contribution in [0.15, 0.2) is 42.5 Å². The van der Waals surface area contributed by atoms with Gasteiger partial charge >= 0.3 is 0 Å². The molecule has 0 radical (unpaired) electrons. The molecule has 0 unspecified atom stereocenters. The number of hydrogen-bond donors (Lipinski definition) is 2. The maximum atomic E-state index is 12.0. The van der Waals surface area contributed by atoms with Gasteiger partial charge in [0.15, 0.2) is 0 Å². The molecule has 2 aromatic rings. The number of halogens is 2. The fourth-order valence-electron chi connectivity index (χ4n) is 2.09. The Kier molecular flexibility index (Phi) is 6.85. The minimum Gasteiger partial charge on any atom is -0.352 e. The second-order valence-electron chi connectivity index (χ2n) is 6.04. The average molecular weight is 379 g/mol. The summed E-state index contributed by atoms with van der Waals surface area (Å²) >= 11 is 11.8. The lowest BCUT2D eigenvalue weighted by atomic mass is 10.1. The van der Waals surface area contributed by atoms with Crippen LogP contribution in [-0.2, 0) is 22.6 Å². The fraction of sp³-hybridized carbons (Fsp3) is 0.263. The summed E-state index contributed by atoms with van der Waals surface area (Å²) in [5.41, 5.74) is 2.49. The lowest BCUT2D eigenvalue weighted by molar-refractivity contribution is -0.120. The van der Waals surface area contributed by atoms with Gasteiger partial charge in [0.25, 0.3) is 0 Å². The molecule has 25 heavy (non-hydrogen) atoms. The highest BCUT2D eigenvalue weighted by molar-refractivity contribution is 6.42. The molecular formula is C19H20Cl2N2O2. The van der Waals surface area contributed by atoms with Crippen molar-refractivity contribution in [2.24, 2.45) is 5.92 Å². The fourth-order valence-corrected chi connectivity index (χ4v) is 2.41. The van der Waals surface area contributed by atoms with Crippen molar-refractivity contribution in [3.05, 3.63) is 63.6 Å². The van der Waals surface area contributed by atoms with Crippen molar-refractivity contribution in [1.82, 2.24) is 5.32 Å². The summed E-state index contributed by atoms with van der Waals surface area (Å²) in [4.78, 5) is 23.7. The maximum absolute atomic E-state index is 12.0. The Morgan fingerprint density at radius 3 is 2.20 bits per heavy atom. The molecule has 2 amide bonds. The molecule has 0 heterocycles. The molecule has 4 nitrogen and oxygen atoms in total. The minimum atomic E-state index is -0.101. The third-order valence-corrected chi connectivity index (χ3v) is 4.32. The van der Waals surface area contributed by atoms with Crippen LogP contribution in [0.3, 0.4) is 0 Å². The first-order chi connectivity index (χ1) is 11.8. The number of amides is 2. The van der Waals surface area contributed by atoms with E-state index in [0.29, 0.717) is 16.6 Å². The smallest absolute Gasteiger partial charge is 0.226 e. The van der Waals surface area contributed by atoms with Crippen LogP contribution in [0.1, 0.15) is 25.0 Å². The molecule has 0 fully saturated rings. The summed E-state index contributed by atoms with van der Waals surface area (Å²) in [7, 11) is 0. The van der Waals surface area contributed by atoms with Crippen LogP contribution in [0.2, 0.25) is 10.0 Å². The van der Waals surface area contributed by atoms with Crippen molar-refractivity contribution in [1.29, 1.82) is 0 Å². The summed E-state index contributed by atoms with van der Waals surface area (Å²) in [6, 6.07) is 12.5. The molecule has 2 N–H and O–H groups in total. The first-order valence-electron chi connectivity index (χ1n) is 7.95. The number of anilines is 1.